The lowest BCUT2D eigenvalue weighted by molar-refractivity contribution is -0.114. The molecule has 0 saturated carbocycles. The molecule has 0 fully saturated rings. The van der Waals surface area contributed by atoms with Gasteiger partial charge in [-0.1, -0.05) is 32.1 Å². The number of anilines is 1. The Balaban J connectivity index is 2.10. The van der Waals surface area contributed by atoms with Gasteiger partial charge in [-0.2, -0.15) is 0 Å². The Bertz CT molecular complexity index is 974. The summed E-state index contributed by atoms with van der Waals surface area (Å²) < 4.78 is 6.42. The van der Waals surface area contributed by atoms with Gasteiger partial charge in [0.2, 0.25) is 5.91 Å². The molecule has 1 aromatic heterocycles. The molecule has 1 aliphatic rings. The largest absolute Gasteiger partial charge is 0.368 e. The number of nitrogens with one attached hydrogen (secondary N) is 1. The average molecular weight is 440 g/mol. The van der Waals surface area contributed by atoms with Gasteiger partial charge in [0, 0.05) is 33.5 Å². The van der Waals surface area contributed by atoms with Crippen LogP contribution in [0.1, 0.15) is 89.8 Å². The summed E-state index contributed by atoms with van der Waals surface area (Å²) in [6.07, 6.45) is 5.87. The van der Waals surface area contributed by atoms with Crippen LogP contribution >= 0.6 is 11.3 Å². The minimum Gasteiger partial charge on any atom is -0.368 e. The van der Waals surface area contributed by atoms with E-state index in [4.69, 9.17) is 4.74 Å². The summed E-state index contributed by atoms with van der Waals surface area (Å²) in [4.78, 5) is 14.0. The Hall–Kier alpha value is -1.91. The normalized spacial score (nSPS) is 17.2. The predicted octanol–water partition coefficient (Wildman–Crippen LogP) is 8.15. The third-order valence-corrected chi connectivity index (χ3v) is 7.00. The van der Waals surface area contributed by atoms with Gasteiger partial charge in [0.1, 0.15) is 0 Å². The van der Waals surface area contributed by atoms with E-state index in [-0.39, 0.29) is 17.6 Å². The highest BCUT2D eigenvalue weighted by Gasteiger charge is 2.30. The lowest BCUT2D eigenvalue weighted by Crippen LogP contribution is -2.22. The Kier molecular flexibility index (Phi) is 6.83. The summed E-state index contributed by atoms with van der Waals surface area (Å²) >= 11 is 1.85. The summed E-state index contributed by atoms with van der Waals surface area (Å²) in [6, 6.07) is 8.21. The topological polar surface area (TPSA) is 38.3 Å². The molecule has 0 radical (unpaired) electrons. The van der Waals surface area contributed by atoms with Gasteiger partial charge in [0.15, 0.2) is 0 Å². The molecule has 1 N–H and O–H groups in total. The van der Waals surface area contributed by atoms with Crippen molar-refractivity contribution in [2.24, 2.45) is 5.41 Å². The molecule has 31 heavy (non-hydrogen) atoms. The highest BCUT2D eigenvalue weighted by atomic mass is 32.1. The number of carbonyl (C=O) groups excluding carboxylic acids is 1. The smallest absolute Gasteiger partial charge is 0.221 e. The van der Waals surface area contributed by atoms with Gasteiger partial charge < -0.3 is 10.1 Å². The first-order chi connectivity index (χ1) is 14.4. The number of carbonyl (C=O) groups is 1. The van der Waals surface area contributed by atoms with Crippen molar-refractivity contribution in [3.05, 3.63) is 46.3 Å². The lowest BCUT2D eigenvalue weighted by Gasteiger charge is -2.31. The number of allylic oxidation sites excluding steroid dienone is 2. The summed E-state index contributed by atoms with van der Waals surface area (Å²) in [5, 5.41) is 2.86. The van der Waals surface area contributed by atoms with E-state index in [1.165, 1.54) is 45.4 Å². The Morgan fingerprint density at radius 1 is 1.19 bits per heavy atom. The lowest BCUT2D eigenvalue weighted by atomic mass is 9.76. The van der Waals surface area contributed by atoms with Crippen molar-refractivity contribution in [3.63, 3.8) is 0 Å². The molecule has 0 bridgehead atoms. The van der Waals surface area contributed by atoms with E-state index in [2.05, 4.69) is 72.0 Å². The van der Waals surface area contributed by atoms with Gasteiger partial charge in [0.25, 0.3) is 0 Å². The zero-order valence-corrected chi connectivity index (χ0v) is 21.1. The number of rotatable bonds is 5. The molecular weight excluding hydrogens is 402 g/mol. The highest BCUT2D eigenvalue weighted by molar-refractivity contribution is 7.16. The molecule has 1 aromatic carbocycles. The maximum absolute atomic E-state index is 11.4. The van der Waals surface area contributed by atoms with E-state index in [1.54, 1.807) is 0 Å². The van der Waals surface area contributed by atoms with Crippen LogP contribution in [0.25, 0.3) is 16.0 Å². The van der Waals surface area contributed by atoms with E-state index in [0.29, 0.717) is 5.41 Å². The van der Waals surface area contributed by atoms with Crippen LogP contribution in [0.3, 0.4) is 0 Å². The number of hydrogen-bond acceptors (Lipinski definition) is 3. The van der Waals surface area contributed by atoms with E-state index < -0.39 is 0 Å². The number of hydrogen-bond donors (Lipinski definition) is 1. The molecule has 3 nitrogen and oxygen atoms in total. The quantitative estimate of drug-likeness (QED) is 0.510. The molecule has 1 aliphatic carbocycles. The molecule has 1 atom stereocenters. The molecule has 3 rings (SSSR count). The van der Waals surface area contributed by atoms with Crippen molar-refractivity contribution in [1.82, 2.24) is 0 Å². The standard InChI is InChI=1S/C27H37NO2S/c1-17(30-26(4,5)6)23-18(2)31-25(21-9-11-22(12-10-21)28-19(3)29)24(23)20-13-15-27(7,8)16-14-20/h9-13,17H,14-16H2,1-8H3,(H,28,29). The van der Waals surface area contributed by atoms with Gasteiger partial charge in [-0.05, 0) is 82.6 Å². The molecule has 0 saturated heterocycles. The monoisotopic (exact) mass is 439 g/mol. The van der Waals surface area contributed by atoms with Crippen LogP contribution in [0.2, 0.25) is 0 Å². The fourth-order valence-corrected chi connectivity index (χ4v) is 5.65. The molecule has 2 aromatic rings. The van der Waals surface area contributed by atoms with Crippen LogP contribution in [0.4, 0.5) is 5.69 Å². The first-order valence-electron chi connectivity index (χ1n) is 11.2. The molecule has 1 amide bonds. The second-order valence-corrected chi connectivity index (χ2v) is 11.7. The maximum Gasteiger partial charge on any atom is 0.221 e. The number of amides is 1. The number of ether oxygens (including phenoxy) is 1. The zero-order chi connectivity index (χ0) is 23.0. The van der Waals surface area contributed by atoms with Crippen LogP contribution in [0.5, 0.6) is 0 Å². The molecule has 1 unspecified atom stereocenters. The molecule has 1 heterocycles. The average Bonchev–Trinajstić information content (AvgIpc) is 2.98. The third-order valence-electron chi connectivity index (χ3n) is 5.83. The van der Waals surface area contributed by atoms with Crippen LogP contribution in [-0.4, -0.2) is 11.5 Å². The van der Waals surface area contributed by atoms with Crippen LogP contribution in [-0.2, 0) is 9.53 Å². The Labute approximate surface area is 191 Å². The van der Waals surface area contributed by atoms with Crippen molar-refractivity contribution < 1.29 is 9.53 Å². The van der Waals surface area contributed by atoms with Crippen molar-refractivity contribution in [2.45, 2.75) is 86.4 Å². The number of aryl methyl sites for hydroxylation is 1. The first-order valence-corrected chi connectivity index (χ1v) is 12.1. The van der Waals surface area contributed by atoms with Gasteiger partial charge in [-0.15, -0.1) is 11.3 Å². The fraction of sp³-hybridized carbons (Fsp3) is 0.519. The van der Waals surface area contributed by atoms with Gasteiger partial charge in [-0.3, -0.25) is 4.79 Å². The predicted molar refractivity (Wildman–Crippen MR) is 134 cm³/mol. The first kappa shape index (κ1) is 23.7. The summed E-state index contributed by atoms with van der Waals surface area (Å²) in [5.41, 5.74) is 6.32. The fourth-order valence-electron chi connectivity index (χ4n) is 4.37. The molecule has 168 valence electrons. The van der Waals surface area contributed by atoms with Crippen molar-refractivity contribution in [3.8, 4) is 10.4 Å². The summed E-state index contributed by atoms with van der Waals surface area (Å²) in [6.45, 7) is 17.0. The van der Waals surface area contributed by atoms with Crippen LogP contribution < -0.4 is 5.32 Å². The maximum atomic E-state index is 11.4. The zero-order valence-electron chi connectivity index (χ0n) is 20.3. The molecule has 0 aliphatic heterocycles. The van der Waals surface area contributed by atoms with E-state index in [9.17, 15) is 4.79 Å². The van der Waals surface area contributed by atoms with Crippen LogP contribution in [0, 0.1) is 12.3 Å². The van der Waals surface area contributed by atoms with Gasteiger partial charge >= 0.3 is 0 Å². The summed E-state index contributed by atoms with van der Waals surface area (Å²) in [5.74, 6) is -0.0502. The van der Waals surface area contributed by atoms with E-state index in [1.807, 2.05) is 23.5 Å². The molecule has 4 heteroatoms. The van der Waals surface area contributed by atoms with E-state index >= 15 is 0 Å². The van der Waals surface area contributed by atoms with Crippen molar-refractivity contribution in [1.29, 1.82) is 0 Å². The second kappa shape index (κ2) is 8.91. The molecule has 0 spiro atoms. The Morgan fingerprint density at radius 2 is 1.84 bits per heavy atom. The minimum atomic E-state index is -0.200. The van der Waals surface area contributed by atoms with Gasteiger partial charge in [-0.25, -0.2) is 0 Å². The third kappa shape index (κ3) is 5.87. The SMILES string of the molecule is CC(=O)Nc1ccc(-c2sc(C)c(C(C)OC(C)(C)C)c2C2=CCC(C)(C)CC2)cc1. The number of thiophene rings is 1. The minimum absolute atomic E-state index is 0.0227. The number of benzene rings is 1. The van der Waals surface area contributed by atoms with Gasteiger partial charge in [0.05, 0.1) is 11.7 Å². The Morgan fingerprint density at radius 3 is 2.35 bits per heavy atom. The molecular formula is C27H37NO2S. The highest BCUT2D eigenvalue weighted by Crippen LogP contribution is 2.48. The van der Waals surface area contributed by atoms with Crippen molar-refractivity contribution in [2.75, 3.05) is 5.32 Å². The van der Waals surface area contributed by atoms with Crippen LogP contribution in [0.15, 0.2) is 30.3 Å². The van der Waals surface area contributed by atoms with Crippen molar-refractivity contribution >= 4 is 28.5 Å². The second-order valence-electron chi connectivity index (χ2n) is 10.5. The summed E-state index contributed by atoms with van der Waals surface area (Å²) in [7, 11) is 0. The van der Waals surface area contributed by atoms with E-state index in [0.717, 1.165) is 18.5 Å².